The zero-order chi connectivity index (χ0) is 19.6. The molecule has 0 fully saturated rings. The molecular weight excluding hydrogens is 347 g/mol. The highest BCUT2D eigenvalue weighted by atomic mass is 19.1. The third kappa shape index (κ3) is 3.85. The molecular formula is C21H23FN2O3. The molecule has 6 heteroatoms. The summed E-state index contributed by atoms with van der Waals surface area (Å²) in [5.74, 6) is -0.890. The number of carbonyl (C=O) groups excluding carboxylic acids is 2. The molecule has 1 aliphatic heterocycles. The Morgan fingerprint density at radius 3 is 2.78 bits per heavy atom. The Hall–Kier alpha value is -2.73. The van der Waals surface area contributed by atoms with Crippen LogP contribution in [0.2, 0.25) is 0 Å². The first-order valence-electron chi connectivity index (χ1n) is 9.08. The van der Waals surface area contributed by atoms with Crippen LogP contribution >= 0.6 is 0 Å². The predicted octanol–water partition coefficient (Wildman–Crippen LogP) is 3.26. The van der Waals surface area contributed by atoms with Crippen molar-refractivity contribution < 1.29 is 19.1 Å². The van der Waals surface area contributed by atoms with E-state index in [4.69, 9.17) is 0 Å². The van der Waals surface area contributed by atoms with Crippen molar-refractivity contribution in [2.75, 3.05) is 5.32 Å². The van der Waals surface area contributed by atoms with Gasteiger partial charge < -0.3 is 15.7 Å². The maximum Gasteiger partial charge on any atom is 0.251 e. The zero-order valence-electron chi connectivity index (χ0n) is 15.4. The van der Waals surface area contributed by atoms with Crippen LogP contribution in [-0.2, 0) is 11.2 Å². The number of benzene rings is 2. The second kappa shape index (κ2) is 7.88. The average Bonchev–Trinajstić information content (AvgIpc) is 3.03. The third-order valence-corrected chi connectivity index (χ3v) is 4.96. The summed E-state index contributed by atoms with van der Waals surface area (Å²) < 4.78 is 13.9. The molecule has 27 heavy (non-hydrogen) atoms. The summed E-state index contributed by atoms with van der Waals surface area (Å²) in [6.07, 6.45) is 0.405. The van der Waals surface area contributed by atoms with Crippen LogP contribution in [0, 0.1) is 12.7 Å². The number of nitrogens with one attached hydrogen (secondary N) is 2. The highest BCUT2D eigenvalue weighted by Gasteiger charge is 2.28. The minimum Gasteiger partial charge on any atom is -0.386 e. The topological polar surface area (TPSA) is 78.4 Å². The first-order chi connectivity index (χ1) is 12.9. The highest BCUT2D eigenvalue weighted by molar-refractivity contribution is 6.05. The Morgan fingerprint density at radius 1 is 1.30 bits per heavy atom. The van der Waals surface area contributed by atoms with Gasteiger partial charge in [0.2, 0.25) is 5.91 Å². The molecule has 0 saturated heterocycles. The maximum absolute atomic E-state index is 13.9. The Balaban J connectivity index is 1.85. The number of hydrogen-bond donors (Lipinski definition) is 3. The van der Waals surface area contributed by atoms with Gasteiger partial charge in [-0.05, 0) is 48.2 Å². The van der Waals surface area contributed by atoms with E-state index < -0.39 is 18.0 Å². The Kier molecular flexibility index (Phi) is 5.56. The number of anilines is 1. The van der Waals surface area contributed by atoms with Gasteiger partial charge in [-0.2, -0.15) is 0 Å². The van der Waals surface area contributed by atoms with Crippen molar-refractivity contribution in [2.24, 2.45) is 0 Å². The van der Waals surface area contributed by atoms with Gasteiger partial charge >= 0.3 is 0 Å². The quantitative estimate of drug-likeness (QED) is 0.730. The Labute approximate surface area is 157 Å². The molecule has 3 N–H and O–H groups in total. The van der Waals surface area contributed by atoms with Crippen molar-refractivity contribution in [3.8, 4) is 0 Å². The first kappa shape index (κ1) is 19.0. The van der Waals surface area contributed by atoms with Gasteiger partial charge in [0.05, 0.1) is 18.6 Å². The van der Waals surface area contributed by atoms with Crippen LogP contribution in [0.4, 0.5) is 10.1 Å². The minimum atomic E-state index is -1.03. The van der Waals surface area contributed by atoms with Gasteiger partial charge in [0, 0.05) is 11.3 Å². The van der Waals surface area contributed by atoms with Crippen LogP contribution in [0.5, 0.6) is 0 Å². The summed E-state index contributed by atoms with van der Waals surface area (Å²) >= 11 is 0. The number of hydrogen-bond acceptors (Lipinski definition) is 3. The molecule has 0 radical (unpaired) electrons. The summed E-state index contributed by atoms with van der Waals surface area (Å²) in [7, 11) is 0. The van der Waals surface area contributed by atoms with Crippen LogP contribution < -0.4 is 10.6 Å². The number of aliphatic hydroxyl groups is 1. The zero-order valence-corrected chi connectivity index (χ0v) is 15.4. The summed E-state index contributed by atoms with van der Waals surface area (Å²) in [5, 5.41) is 16.4. The molecule has 2 aromatic carbocycles. The SMILES string of the molecule is CCCC(NC(=O)c1cccc2c1CC(=O)N2)C(O)c1cccc(F)c1C. The van der Waals surface area contributed by atoms with Crippen molar-refractivity contribution in [1.82, 2.24) is 5.32 Å². The molecule has 0 spiro atoms. The smallest absolute Gasteiger partial charge is 0.251 e. The number of halogens is 1. The van der Waals surface area contributed by atoms with E-state index in [1.165, 1.54) is 6.07 Å². The van der Waals surface area contributed by atoms with Crippen LogP contribution in [-0.4, -0.2) is 23.0 Å². The Morgan fingerprint density at radius 2 is 2.04 bits per heavy atom. The van der Waals surface area contributed by atoms with E-state index in [9.17, 15) is 19.1 Å². The first-order valence-corrected chi connectivity index (χ1v) is 9.08. The summed E-state index contributed by atoms with van der Waals surface area (Å²) in [4.78, 5) is 24.5. The Bertz CT molecular complexity index is 882. The lowest BCUT2D eigenvalue weighted by molar-refractivity contribution is -0.115. The number of rotatable bonds is 6. The van der Waals surface area contributed by atoms with E-state index in [2.05, 4.69) is 10.6 Å². The standard InChI is InChI=1S/C21H23FN2O3/c1-3-6-18(20(26)13-7-4-9-16(22)12(13)2)24-21(27)14-8-5-10-17-15(14)11-19(25)23-17/h4-5,7-10,18,20,26H,3,6,11H2,1-2H3,(H,23,25)(H,24,27). The van der Waals surface area contributed by atoms with Gasteiger partial charge in [0.25, 0.3) is 5.91 Å². The van der Waals surface area contributed by atoms with E-state index in [1.807, 2.05) is 6.92 Å². The lowest BCUT2D eigenvalue weighted by atomic mass is 9.94. The van der Waals surface area contributed by atoms with E-state index >= 15 is 0 Å². The van der Waals surface area contributed by atoms with Gasteiger partial charge in [0.15, 0.2) is 0 Å². The lowest BCUT2D eigenvalue weighted by Gasteiger charge is -2.26. The van der Waals surface area contributed by atoms with E-state index in [1.54, 1.807) is 37.3 Å². The molecule has 142 valence electrons. The van der Waals surface area contributed by atoms with Crippen molar-refractivity contribution in [1.29, 1.82) is 0 Å². The van der Waals surface area contributed by atoms with Crippen LogP contribution in [0.15, 0.2) is 36.4 Å². The van der Waals surface area contributed by atoms with Crippen LogP contribution in [0.3, 0.4) is 0 Å². The molecule has 3 rings (SSSR count). The van der Waals surface area contributed by atoms with Gasteiger partial charge in [0.1, 0.15) is 5.82 Å². The van der Waals surface area contributed by atoms with Crippen molar-refractivity contribution in [3.63, 3.8) is 0 Å². The highest BCUT2D eigenvalue weighted by Crippen LogP contribution is 2.28. The largest absolute Gasteiger partial charge is 0.386 e. The second-order valence-electron chi connectivity index (χ2n) is 6.82. The van der Waals surface area contributed by atoms with Gasteiger partial charge in [-0.25, -0.2) is 4.39 Å². The summed E-state index contributed by atoms with van der Waals surface area (Å²) in [6, 6.07) is 9.12. The average molecular weight is 370 g/mol. The molecule has 1 aliphatic rings. The minimum absolute atomic E-state index is 0.147. The molecule has 2 amide bonds. The number of fused-ring (bicyclic) bond motifs is 1. The molecule has 2 aromatic rings. The van der Waals surface area contributed by atoms with Crippen molar-refractivity contribution in [2.45, 2.75) is 45.3 Å². The maximum atomic E-state index is 13.9. The van der Waals surface area contributed by atoms with Gasteiger partial charge in [-0.15, -0.1) is 0 Å². The fraction of sp³-hybridized carbons (Fsp3) is 0.333. The third-order valence-electron chi connectivity index (χ3n) is 4.96. The molecule has 0 bridgehead atoms. The van der Waals surface area contributed by atoms with Gasteiger partial charge in [-0.3, -0.25) is 9.59 Å². The van der Waals surface area contributed by atoms with E-state index in [0.29, 0.717) is 34.4 Å². The monoisotopic (exact) mass is 370 g/mol. The van der Waals surface area contributed by atoms with Crippen molar-refractivity contribution in [3.05, 3.63) is 64.5 Å². The molecule has 5 nitrogen and oxygen atoms in total. The van der Waals surface area contributed by atoms with Crippen LogP contribution in [0.25, 0.3) is 0 Å². The fourth-order valence-corrected chi connectivity index (χ4v) is 3.49. The van der Waals surface area contributed by atoms with E-state index in [0.717, 1.165) is 6.42 Å². The molecule has 1 heterocycles. The molecule has 0 saturated carbocycles. The molecule has 0 aromatic heterocycles. The normalized spacial score (nSPS) is 15.0. The van der Waals surface area contributed by atoms with E-state index in [-0.39, 0.29) is 18.2 Å². The number of amides is 2. The molecule has 0 aliphatic carbocycles. The molecule has 2 unspecified atom stereocenters. The van der Waals surface area contributed by atoms with Gasteiger partial charge in [-0.1, -0.05) is 31.5 Å². The number of carbonyl (C=O) groups is 2. The molecule has 2 atom stereocenters. The second-order valence-corrected chi connectivity index (χ2v) is 6.82. The summed E-state index contributed by atoms with van der Waals surface area (Å²) in [5.41, 5.74) is 2.54. The van der Waals surface area contributed by atoms with Crippen LogP contribution in [0.1, 0.15) is 52.9 Å². The predicted molar refractivity (Wildman–Crippen MR) is 101 cm³/mol. The van der Waals surface area contributed by atoms with Crippen molar-refractivity contribution >= 4 is 17.5 Å². The number of aliphatic hydroxyl groups excluding tert-OH is 1. The summed E-state index contributed by atoms with van der Waals surface area (Å²) in [6.45, 7) is 3.56. The lowest BCUT2D eigenvalue weighted by Crippen LogP contribution is -2.40. The fourth-order valence-electron chi connectivity index (χ4n) is 3.49.